The molecule has 2 aromatic carbocycles. The average Bonchev–Trinajstić information content (AvgIpc) is 2.40. The molecule has 0 aliphatic rings. The van der Waals surface area contributed by atoms with Crippen molar-refractivity contribution in [3.05, 3.63) is 59.7 Å². The second-order valence-corrected chi connectivity index (χ2v) is 4.02. The summed E-state index contributed by atoms with van der Waals surface area (Å²) in [5.74, 6) is 0.0302. The molecule has 0 spiro atoms. The lowest BCUT2D eigenvalue weighted by Gasteiger charge is -2.07. The average molecular weight is 241 g/mol. The van der Waals surface area contributed by atoms with Crippen LogP contribution in [0.4, 0.5) is 5.69 Å². The number of rotatable bonds is 3. The molecule has 2 N–H and O–H groups in total. The molecule has 3 nitrogen and oxygen atoms in total. The van der Waals surface area contributed by atoms with Gasteiger partial charge in [0.05, 0.1) is 0 Å². The number of carbonyl (C=O) groups excluding carboxylic acids is 1. The number of nitrogens with one attached hydrogen (secondary N) is 1. The van der Waals surface area contributed by atoms with Gasteiger partial charge in [-0.1, -0.05) is 31.2 Å². The number of aromatic hydroxyl groups is 1. The predicted molar refractivity (Wildman–Crippen MR) is 71.9 cm³/mol. The maximum Gasteiger partial charge on any atom is 0.255 e. The summed E-state index contributed by atoms with van der Waals surface area (Å²) in [6.07, 6.45) is 0.763. The smallest absolute Gasteiger partial charge is 0.255 e. The Hall–Kier alpha value is -2.29. The van der Waals surface area contributed by atoms with Gasteiger partial charge in [-0.05, 0) is 30.2 Å². The Bertz CT molecular complexity index is 550. The van der Waals surface area contributed by atoms with Gasteiger partial charge >= 0.3 is 0 Å². The minimum absolute atomic E-state index is 0.181. The van der Waals surface area contributed by atoms with Crippen molar-refractivity contribution in [1.29, 1.82) is 0 Å². The molecule has 0 bridgehead atoms. The molecule has 0 saturated heterocycles. The van der Waals surface area contributed by atoms with Crippen LogP contribution >= 0.6 is 0 Å². The van der Waals surface area contributed by atoms with E-state index in [0.29, 0.717) is 11.3 Å². The Morgan fingerprint density at radius 2 is 1.89 bits per heavy atom. The van der Waals surface area contributed by atoms with Gasteiger partial charge < -0.3 is 10.4 Å². The monoisotopic (exact) mass is 241 g/mol. The molecule has 0 atom stereocenters. The highest BCUT2D eigenvalue weighted by atomic mass is 16.3. The molecule has 0 aromatic heterocycles. The SMILES string of the molecule is CCc1ccc(NC(=O)c2ccccc2)cc1O. The minimum Gasteiger partial charge on any atom is -0.508 e. The molecule has 0 aliphatic carbocycles. The molecule has 2 rings (SSSR count). The van der Waals surface area contributed by atoms with Crippen molar-refractivity contribution in [1.82, 2.24) is 0 Å². The Morgan fingerprint density at radius 1 is 1.17 bits per heavy atom. The number of carbonyl (C=O) groups is 1. The third kappa shape index (κ3) is 2.69. The predicted octanol–water partition coefficient (Wildman–Crippen LogP) is 3.21. The molecular weight excluding hydrogens is 226 g/mol. The topological polar surface area (TPSA) is 49.3 Å². The molecule has 0 heterocycles. The van der Waals surface area contributed by atoms with Crippen LogP contribution < -0.4 is 5.32 Å². The normalized spacial score (nSPS) is 10.1. The highest BCUT2D eigenvalue weighted by molar-refractivity contribution is 6.04. The van der Waals surface area contributed by atoms with E-state index in [-0.39, 0.29) is 11.7 Å². The highest BCUT2D eigenvalue weighted by Crippen LogP contribution is 2.22. The van der Waals surface area contributed by atoms with Crippen LogP contribution in [0.25, 0.3) is 0 Å². The minimum atomic E-state index is -0.181. The van der Waals surface area contributed by atoms with E-state index in [1.165, 1.54) is 0 Å². The molecule has 92 valence electrons. The summed E-state index contributed by atoms with van der Waals surface area (Å²) in [6.45, 7) is 1.97. The number of phenols is 1. The van der Waals surface area contributed by atoms with Gasteiger partial charge in [-0.3, -0.25) is 4.79 Å². The van der Waals surface area contributed by atoms with Crippen molar-refractivity contribution >= 4 is 11.6 Å². The standard InChI is InChI=1S/C15H15NO2/c1-2-11-8-9-13(10-14(11)17)16-15(18)12-6-4-3-5-7-12/h3-10,17H,2H2,1H3,(H,16,18). The van der Waals surface area contributed by atoms with Gasteiger partial charge in [0.25, 0.3) is 5.91 Å². The van der Waals surface area contributed by atoms with Crippen LogP contribution in [-0.4, -0.2) is 11.0 Å². The number of benzene rings is 2. The summed E-state index contributed by atoms with van der Waals surface area (Å²) < 4.78 is 0. The lowest BCUT2D eigenvalue weighted by molar-refractivity contribution is 0.102. The van der Waals surface area contributed by atoms with Gasteiger partial charge in [0.2, 0.25) is 0 Å². The second-order valence-electron chi connectivity index (χ2n) is 4.02. The molecule has 1 amide bonds. The maximum absolute atomic E-state index is 11.9. The molecule has 0 fully saturated rings. The first-order valence-electron chi connectivity index (χ1n) is 5.89. The van der Waals surface area contributed by atoms with Crippen LogP contribution in [0.15, 0.2) is 48.5 Å². The summed E-state index contributed by atoms with van der Waals surface area (Å²) in [5, 5.41) is 12.5. The van der Waals surface area contributed by atoms with E-state index in [9.17, 15) is 9.90 Å². The van der Waals surface area contributed by atoms with Crippen molar-refractivity contribution in [2.45, 2.75) is 13.3 Å². The number of hydrogen-bond acceptors (Lipinski definition) is 2. The number of amides is 1. The molecule has 0 unspecified atom stereocenters. The Morgan fingerprint density at radius 3 is 2.50 bits per heavy atom. The zero-order valence-corrected chi connectivity index (χ0v) is 10.2. The van der Waals surface area contributed by atoms with Crippen molar-refractivity contribution in [3.8, 4) is 5.75 Å². The van der Waals surface area contributed by atoms with Gasteiger partial charge in [-0.2, -0.15) is 0 Å². The summed E-state index contributed by atoms with van der Waals surface area (Å²) in [6, 6.07) is 14.2. The molecule has 0 aliphatic heterocycles. The van der Waals surface area contributed by atoms with Crippen LogP contribution in [0, 0.1) is 0 Å². The molecule has 18 heavy (non-hydrogen) atoms. The summed E-state index contributed by atoms with van der Waals surface area (Å²) in [5.41, 5.74) is 2.06. The van der Waals surface area contributed by atoms with Crippen molar-refractivity contribution in [2.24, 2.45) is 0 Å². The van der Waals surface area contributed by atoms with E-state index >= 15 is 0 Å². The molecule has 2 aromatic rings. The first-order chi connectivity index (χ1) is 8.70. The van der Waals surface area contributed by atoms with Crippen LogP contribution in [0.5, 0.6) is 5.75 Å². The quantitative estimate of drug-likeness (QED) is 0.866. The molecule has 3 heteroatoms. The lowest BCUT2D eigenvalue weighted by Crippen LogP contribution is -2.11. The first kappa shape index (κ1) is 12.2. The Kier molecular flexibility index (Phi) is 3.63. The fourth-order valence-electron chi connectivity index (χ4n) is 1.73. The number of aryl methyl sites for hydroxylation is 1. The van der Waals surface area contributed by atoms with Crippen LogP contribution in [-0.2, 0) is 6.42 Å². The van der Waals surface area contributed by atoms with Crippen LogP contribution in [0.2, 0.25) is 0 Å². The van der Waals surface area contributed by atoms with Crippen LogP contribution in [0.1, 0.15) is 22.8 Å². The van der Waals surface area contributed by atoms with E-state index in [1.807, 2.05) is 31.2 Å². The van der Waals surface area contributed by atoms with Crippen molar-refractivity contribution in [2.75, 3.05) is 5.32 Å². The lowest BCUT2D eigenvalue weighted by atomic mass is 10.1. The zero-order chi connectivity index (χ0) is 13.0. The summed E-state index contributed by atoms with van der Waals surface area (Å²) in [7, 11) is 0. The van der Waals surface area contributed by atoms with Gasteiger partial charge in [0.1, 0.15) is 5.75 Å². The third-order valence-corrected chi connectivity index (χ3v) is 2.76. The van der Waals surface area contributed by atoms with Crippen molar-refractivity contribution < 1.29 is 9.90 Å². The van der Waals surface area contributed by atoms with Gasteiger partial charge in [0.15, 0.2) is 0 Å². The largest absolute Gasteiger partial charge is 0.508 e. The second kappa shape index (κ2) is 5.36. The number of hydrogen-bond donors (Lipinski definition) is 2. The number of anilines is 1. The molecular formula is C15H15NO2. The molecule has 0 saturated carbocycles. The third-order valence-electron chi connectivity index (χ3n) is 2.76. The van der Waals surface area contributed by atoms with Crippen molar-refractivity contribution in [3.63, 3.8) is 0 Å². The zero-order valence-electron chi connectivity index (χ0n) is 10.2. The van der Waals surface area contributed by atoms with Gasteiger partial charge in [-0.25, -0.2) is 0 Å². The summed E-state index contributed by atoms with van der Waals surface area (Å²) in [4.78, 5) is 11.9. The van der Waals surface area contributed by atoms with Gasteiger partial charge in [0, 0.05) is 17.3 Å². The van der Waals surface area contributed by atoms with Gasteiger partial charge in [-0.15, -0.1) is 0 Å². The van der Waals surface area contributed by atoms with E-state index in [0.717, 1.165) is 12.0 Å². The first-order valence-corrected chi connectivity index (χ1v) is 5.89. The highest BCUT2D eigenvalue weighted by Gasteiger charge is 2.06. The fourth-order valence-corrected chi connectivity index (χ4v) is 1.73. The van der Waals surface area contributed by atoms with E-state index in [2.05, 4.69) is 5.32 Å². The van der Waals surface area contributed by atoms with Crippen LogP contribution in [0.3, 0.4) is 0 Å². The summed E-state index contributed by atoms with van der Waals surface area (Å²) >= 11 is 0. The fraction of sp³-hybridized carbons (Fsp3) is 0.133. The van der Waals surface area contributed by atoms with E-state index in [4.69, 9.17) is 0 Å². The van der Waals surface area contributed by atoms with E-state index in [1.54, 1.807) is 24.3 Å². The Labute approximate surface area is 106 Å². The molecule has 0 radical (unpaired) electrons. The maximum atomic E-state index is 11.9. The Balaban J connectivity index is 2.15. The number of phenolic OH excluding ortho intramolecular Hbond substituents is 1. The van der Waals surface area contributed by atoms with E-state index < -0.39 is 0 Å².